The van der Waals surface area contributed by atoms with Crippen molar-refractivity contribution in [1.82, 2.24) is 14.5 Å². The van der Waals surface area contributed by atoms with E-state index in [0.717, 1.165) is 22.5 Å². The van der Waals surface area contributed by atoms with Crippen molar-refractivity contribution in [3.05, 3.63) is 72.4 Å². The minimum Gasteiger partial charge on any atom is -0.240 e. The van der Waals surface area contributed by atoms with Crippen LogP contribution in [-0.4, -0.2) is 24.0 Å². The van der Waals surface area contributed by atoms with Gasteiger partial charge < -0.3 is 0 Å². The number of nitrogens with zero attached hydrogens (tertiary/aromatic N) is 2. The van der Waals surface area contributed by atoms with Crippen molar-refractivity contribution in [2.75, 3.05) is 5.75 Å². The molecule has 1 N–H and O–H groups in total. The molecule has 1 aromatic heterocycles. The molecule has 3 aromatic rings. The highest BCUT2D eigenvalue weighted by molar-refractivity contribution is 7.89. The summed E-state index contributed by atoms with van der Waals surface area (Å²) in [4.78, 5) is 0. The lowest BCUT2D eigenvalue weighted by molar-refractivity contribution is 0.582. The van der Waals surface area contributed by atoms with Crippen LogP contribution in [0.15, 0.2) is 66.9 Å². The summed E-state index contributed by atoms with van der Waals surface area (Å²) in [6, 6.07) is 19.5. The van der Waals surface area contributed by atoms with E-state index in [0.29, 0.717) is 0 Å². The molecule has 0 unspecified atom stereocenters. The van der Waals surface area contributed by atoms with Crippen LogP contribution < -0.4 is 4.72 Å². The van der Waals surface area contributed by atoms with Crippen LogP contribution >= 0.6 is 0 Å². The quantitative estimate of drug-likeness (QED) is 0.750. The van der Waals surface area contributed by atoms with Crippen molar-refractivity contribution < 1.29 is 8.42 Å². The number of benzene rings is 2. The number of para-hydroxylation sites is 1. The third kappa shape index (κ3) is 3.72. The molecule has 1 heterocycles. The summed E-state index contributed by atoms with van der Waals surface area (Å²) in [6.45, 7) is 1.83. The van der Waals surface area contributed by atoms with Crippen LogP contribution in [-0.2, 0) is 16.6 Å². The molecule has 0 atom stereocenters. The maximum atomic E-state index is 11.8. The van der Waals surface area contributed by atoms with E-state index in [9.17, 15) is 8.42 Å². The first kappa shape index (κ1) is 16.4. The molecule has 2 aromatic carbocycles. The van der Waals surface area contributed by atoms with Crippen LogP contribution in [0.4, 0.5) is 0 Å². The Morgan fingerprint density at radius 3 is 2.25 bits per heavy atom. The topological polar surface area (TPSA) is 64.0 Å². The predicted octanol–water partition coefficient (Wildman–Crippen LogP) is 2.98. The molecule has 24 heavy (non-hydrogen) atoms. The van der Waals surface area contributed by atoms with E-state index in [-0.39, 0.29) is 12.3 Å². The van der Waals surface area contributed by atoms with Crippen molar-refractivity contribution in [2.45, 2.75) is 13.5 Å². The first-order chi connectivity index (χ1) is 11.6. The first-order valence-electron chi connectivity index (χ1n) is 7.76. The lowest BCUT2D eigenvalue weighted by Gasteiger charge is -2.04. The Bertz CT molecular complexity index is 904. The fourth-order valence-electron chi connectivity index (χ4n) is 2.38. The predicted molar refractivity (Wildman–Crippen MR) is 95.3 cm³/mol. The van der Waals surface area contributed by atoms with E-state index in [2.05, 4.69) is 9.82 Å². The largest absolute Gasteiger partial charge is 0.240 e. The average molecular weight is 341 g/mol. The third-order valence-corrected chi connectivity index (χ3v) is 5.06. The second-order valence-corrected chi connectivity index (χ2v) is 7.47. The lowest BCUT2D eigenvalue weighted by atomic mass is 10.1. The van der Waals surface area contributed by atoms with Crippen LogP contribution in [0.3, 0.4) is 0 Å². The van der Waals surface area contributed by atoms with E-state index in [1.165, 1.54) is 0 Å². The Kier molecular flexibility index (Phi) is 4.78. The molecular weight excluding hydrogens is 322 g/mol. The van der Waals surface area contributed by atoms with Crippen molar-refractivity contribution >= 4 is 10.0 Å². The zero-order valence-electron chi connectivity index (χ0n) is 13.4. The van der Waals surface area contributed by atoms with Gasteiger partial charge in [-0.05, 0) is 19.1 Å². The molecule has 0 aliphatic carbocycles. The summed E-state index contributed by atoms with van der Waals surface area (Å²) in [7, 11) is -3.26. The number of aromatic nitrogens is 2. The summed E-state index contributed by atoms with van der Waals surface area (Å²) in [5.41, 5.74) is 3.50. The molecule has 0 radical (unpaired) electrons. The van der Waals surface area contributed by atoms with Crippen molar-refractivity contribution in [2.24, 2.45) is 0 Å². The van der Waals surface area contributed by atoms with Crippen molar-refractivity contribution in [1.29, 1.82) is 0 Å². The molecule has 0 saturated carbocycles. The van der Waals surface area contributed by atoms with Gasteiger partial charge in [-0.25, -0.2) is 17.8 Å². The molecule has 0 fully saturated rings. The second-order valence-electron chi connectivity index (χ2n) is 5.37. The van der Waals surface area contributed by atoms with Crippen LogP contribution in [0.5, 0.6) is 0 Å². The van der Waals surface area contributed by atoms with E-state index in [4.69, 9.17) is 0 Å². The van der Waals surface area contributed by atoms with Gasteiger partial charge in [0.2, 0.25) is 10.0 Å². The molecule has 5 nitrogen and oxygen atoms in total. The molecule has 0 aliphatic rings. The van der Waals surface area contributed by atoms with Gasteiger partial charge in [0, 0.05) is 23.9 Å². The molecule has 3 rings (SSSR count). The highest BCUT2D eigenvalue weighted by atomic mass is 32.2. The number of rotatable bonds is 6. The Labute approximate surface area is 142 Å². The molecule has 0 bridgehead atoms. The van der Waals surface area contributed by atoms with Crippen LogP contribution in [0.25, 0.3) is 16.9 Å². The minimum absolute atomic E-state index is 0.0560. The van der Waals surface area contributed by atoms with Gasteiger partial charge in [-0.2, -0.15) is 5.10 Å². The van der Waals surface area contributed by atoms with E-state index >= 15 is 0 Å². The van der Waals surface area contributed by atoms with E-state index < -0.39 is 10.0 Å². The van der Waals surface area contributed by atoms with Gasteiger partial charge in [-0.1, -0.05) is 48.5 Å². The summed E-state index contributed by atoms with van der Waals surface area (Å²) in [5, 5.41) is 4.66. The number of hydrogen-bond acceptors (Lipinski definition) is 3. The van der Waals surface area contributed by atoms with Crippen molar-refractivity contribution in [3.63, 3.8) is 0 Å². The Morgan fingerprint density at radius 2 is 1.62 bits per heavy atom. The summed E-state index contributed by atoms with van der Waals surface area (Å²) < 4.78 is 27.9. The Morgan fingerprint density at radius 1 is 1.00 bits per heavy atom. The fraction of sp³-hybridized carbons (Fsp3) is 0.167. The van der Waals surface area contributed by atoms with Gasteiger partial charge >= 0.3 is 0 Å². The van der Waals surface area contributed by atoms with Gasteiger partial charge in [0.25, 0.3) is 0 Å². The van der Waals surface area contributed by atoms with Crippen LogP contribution in [0.1, 0.15) is 12.5 Å². The zero-order chi connectivity index (χ0) is 17.0. The zero-order valence-corrected chi connectivity index (χ0v) is 14.2. The highest BCUT2D eigenvalue weighted by Crippen LogP contribution is 2.23. The smallest absolute Gasteiger partial charge is 0.211 e. The molecular formula is C18H19N3O2S. The van der Waals surface area contributed by atoms with Gasteiger partial charge in [0.05, 0.1) is 17.1 Å². The maximum Gasteiger partial charge on any atom is 0.211 e. The average Bonchev–Trinajstić information content (AvgIpc) is 3.06. The number of sulfonamides is 1. The third-order valence-electron chi connectivity index (χ3n) is 3.72. The summed E-state index contributed by atoms with van der Waals surface area (Å²) in [6.07, 6.45) is 1.87. The van der Waals surface area contributed by atoms with Crippen LogP contribution in [0.2, 0.25) is 0 Å². The normalized spacial score (nSPS) is 11.5. The minimum atomic E-state index is -3.26. The van der Waals surface area contributed by atoms with E-state index in [1.54, 1.807) is 11.6 Å². The standard InChI is InChI=1S/C18H19N3O2S/c1-2-24(22,23)19-13-16-14-21(17-11-7-4-8-12-17)20-18(16)15-9-5-3-6-10-15/h3-12,14,19H,2,13H2,1H3. The lowest BCUT2D eigenvalue weighted by Crippen LogP contribution is -2.24. The molecule has 124 valence electrons. The van der Waals surface area contributed by atoms with Gasteiger partial charge in [0.15, 0.2) is 0 Å². The molecule has 0 saturated heterocycles. The second kappa shape index (κ2) is 6.98. The number of hydrogen-bond donors (Lipinski definition) is 1. The number of nitrogens with one attached hydrogen (secondary N) is 1. The molecule has 0 aliphatic heterocycles. The molecule has 0 amide bonds. The summed E-state index contributed by atoms with van der Waals surface area (Å²) >= 11 is 0. The maximum absolute atomic E-state index is 11.8. The van der Waals surface area contributed by atoms with E-state index in [1.807, 2.05) is 66.9 Å². The van der Waals surface area contributed by atoms with Crippen LogP contribution in [0, 0.1) is 0 Å². The van der Waals surface area contributed by atoms with Crippen molar-refractivity contribution in [3.8, 4) is 16.9 Å². The van der Waals surface area contributed by atoms with Gasteiger partial charge in [-0.15, -0.1) is 0 Å². The monoisotopic (exact) mass is 341 g/mol. The van der Waals surface area contributed by atoms with Gasteiger partial charge in [0.1, 0.15) is 0 Å². The Balaban J connectivity index is 2.00. The SMILES string of the molecule is CCS(=O)(=O)NCc1cn(-c2ccccc2)nc1-c1ccccc1. The Hall–Kier alpha value is -2.44. The summed E-state index contributed by atoms with van der Waals surface area (Å²) in [5.74, 6) is 0.0560. The highest BCUT2D eigenvalue weighted by Gasteiger charge is 2.14. The molecule has 6 heteroatoms. The van der Waals surface area contributed by atoms with Gasteiger partial charge in [-0.3, -0.25) is 0 Å². The molecule has 0 spiro atoms. The fourth-order valence-corrected chi connectivity index (χ4v) is 2.96. The first-order valence-corrected chi connectivity index (χ1v) is 9.41.